The number of likely N-dealkylation sites (tertiary alicyclic amines) is 1. The Labute approximate surface area is 160 Å². The molecule has 1 aliphatic rings. The fourth-order valence-corrected chi connectivity index (χ4v) is 3.15. The molecule has 5 nitrogen and oxygen atoms in total. The van der Waals surface area contributed by atoms with Gasteiger partial charge >= 0.3 is 0 Å². The average molecular weight is 374 g/mol. The van der Waals surface area contributed by atoms with Gasteiger partial charge in [0, 0.05) is 30.0 Å². The van der Waals surface area contributed by atoms with Gasteiger partial charge in [-0.3, -0.25) is 9.59 Å². The topological polar surface area (TPSA) is 75.4 Å². The first kappa shape index (κ1) is 19.8. The molecule has 1 unspecified atom stereocenters. The molecule has 0 spiro atoms. The number of hydrogen-bond donors (Lipinski definition) is 2. The van der Waals surface area contributed by atoms with Crippen LogP contribution in [0.15, 0.2) is 48.5 Å². The first-order valence-electron chi connectivity index (χ1n) is 8.56. The Balaban J connectivity index is 0.00000243. The summed E-state index contributed by atoms with van der Waals surface area (Å²) in [5.74, 6) is -0.278. The molecular weight excluding hydrogens is 350 g/mol. The molecule has 1 atom stereocenters. The van der Waals surface area contributed by atoms with Crippen LogP contribution < -0.4 is 11.1 Å². The van der Waals surface area contributed by atoms with Crippen LogP contribution in [0.1, 0.15) is 28.8 Å². The van der Waals surface area contributed by atoms with Crippen molar-refractivity contribution in [2.24, 2.45) is 5.92 Å². The van der Waals surface area contributed by atoms with E-state index in [9.17, 15) is 9.59 Å². The van der Waals surface area contributed by atoms with E-state index in [0.717, 1.165) is 24.1 Å². The zero-order valence-electron chi connectivity index (χ0n) is 14.8. The predicted octanol–water partition coefficient (Wildman–Crippen LogP) is 3.49. The lowest BCUT2D eigenvalue weighted by atomic mass is 9.96. The van der Waals surface area contributed by atoms with E-state index in [4.69, 9.17) is 5.73 Å². The zero-order valence-corrected chi connectivity index (χ0v) is 15.6. The summed E-state index contributed by atoms with van der Waals surface area (Å²) in [6, 6.07) is 14.7. The van der Waals surface area contributed by atoms with Crippen LogP contribution >= 0.6 is 12.4 Å². The van der Waals surface area contributed by atoms with E-state index < -0.39 is 0 Å². The second-order valence-electron chi connectivity index (χ2n) is 6.52. The summed E-state index contributed by atoms with van der Waals surface area (Å²) in [4.78, 5) is 27.0. The molecule has 1 aliphatic heterocycles. The Morgan fingerprint density at radius 1 is 1.15 bits per heavy atom. The minimum absolute atomic E-state index is 0. The van der Waals surface area contributed by atoms with Gasteiger partial charge in [0.1, 0.15) is 0 Å². The molecule has 1 heterocycles. The van der Waals surface area contributed by atoms with Crippen LogP contribution in [-0.2, 0) is 4.79 Å². The van der Waals surface area contributed by atoms with Crippen LogP contribution in [0.25, 0.3) is 0 Å². The van der Waals surface area contributed by atoms with Crippen LogP contribution in [0.2, 0.25) is 0 Å². The van der Waals surface area contributed by atoms with Gasteiger partial charge in [-0.15, -0.1) is 12.4 Å². The second-order valence-corrected chi connectivity index (χ2v) is 6.52. The van der Waals surface area contributed by atoms with Crippen LogP contribution in [0.3, 0.4) is 0 Å². The molecule has 0 bridgehead atoms. The molecule has 6 heteroatoms. The molecule has 0 aliphatic carbocycles. The van der Waals surface area contributed by atoms with Crippen molar-refractivity contribution in [3.8, 4) is 0 Å². The molecule has 2 aromatic carbocycles. The van der Waals surface area contributed by atoms with Crippen molar-refractivity contribution in [3.05, 3.63) is 59.7 Å². The zero-order chi connectivity index (χ0) is 17.8. The molecule has 0 aromatic heterocycles. The van der Waals surface area contributed by atoms with Crippen molar-refractivity contribution in [1.29, 1.82) is 0 Å². The van der Waals surface area contributed by atoms with Gasteiger partial charge in [-0.1, -0.05) is 24.3 Å². The fourth-order valence-electron chi connectivity index (χ4n) is 3.15. The molecule has 0 saturated carbocycles. The highest BCUT2D eigenvalue weighted by Gasteiger charge is 2.29. The summed E-state index contributed by atoms with van der Waals surface area (Å²) >= 11 is 0. The van der Waals surface area contributed by atoms with Crippen LogP contribution in [0.5, 0.6) is 0 Å². The third-order valence-corrected chi connectivity index (χ3v) is 4.62. The predicted molar refractivity (Wildman–Crippen MR) is 107 cm³/mol. The molecule has 1 saturated heterocycles. The van der Waals surface area contributed by atoms with Gasteiger partial charge in [-0.25, -0.2) is 0 Å². The number of amides is 2. The lowest BCUT2D eigenvalue weighted by Gasteiger charge is -2.32. The highest BCUT2D eigenvalue weighted by molar-refractivity contribution is 5.96. The summed E-state index contributed by atoms with van der Waals surface area (Å²) in [5, 5.41) is 2.96. The third-order valence-electron chi connectivity index (χ3n) is 4.62. The van der Waals surface area contributed by atoms with Gasteiger partial charge in [0.2, 0.25) is 5.91 Å². The van der Waals surface area contributed by atoms with Crippen LogP contribution in [0, 0.1) is 12.8 Å². The number of aryl methyl sites for hydroxylation is 1. The third kappa shape index (κ3) is 4.55. The van der Waals surface area contributed by atoms with Crippen LogP contribution in [-0.4, -0.2) is 29.8 Å². The summed E-state index contributed by atoms with van der Waals surface area (Å²) in [6.45, 7) is 3.07. The minimum Gasteiger partial charge on any atom is -0.399 e. The average Bonchev–Trinajstić information content (AvgIpc) is 2.65. The Morgan fingerprint density at radius 3 is 2.62 bits per heavy atom. The van der Waals surface area contributed by atoms with E-state index in [1.54, 1.807) is 11.0 Å². The Kier molecular flexibility index (Phi) is 6.64. The lowest BCUT2D eigenvalue weighted by Crippen LogP contribution is -2.43. The van der Waals surface area contributed by atoms with Crippen molar-refractivity contribution in [3.63, 3.8) is 0 Å². The summed E-state index contributed by atoms with van der Waals surface area (Å²) in [7, 11) is 0. The van der Waals surface area contributed by atoms with E-state index in [1.165, 1.54) is 0 Å². The summed E-state index contributed by atoms with van der Waals surface area (Å²) in [6.07, 6.45) is 1.61. The molecule has 0 radical (unpaired) electrons. The van der Waals surface area contributed by atoms with Crippen molar-refractivity contribution in [1.82, 2.24) is 4.90 Å². The van der Waals surface area contributed by atoms with Gasteiger partial charge < -0.3 is 16.0 Å². The Hall–Kier alpha value is -2.53. The van der Waals surface area contributed by atoms with Crippen LogP contribution in [0.4, 0.5) is 11.4 Å². The van der Waals surface area contributed by atoms with Gasteiger partial charge in [-0.2, -0.15) is 0 Å². The number of carbonyl (C=O) groups excluding carboxylic acids is 2. The second kappa shape index (κ2) is 8.72. The SMILES string of the molecule is Cc1ccc(N)cc1NC(=O)C1CCCN(C(=O)c2ccccc2)C1.Cl. The van der Waals surface area contributed by atoms with Crippen molar-refractivity contribution >= 4 is 35.6 Å². The number of hydrogen-bond acceptors (Lipinski definition) is 3. The number of carbonyl (C=O) groups is 2. The van der Waals surface area contributed by atoms with E-state index in [0.29, 0.717) is 24.3 Å². The molecule has 2 amide bonds. The van der Waals surface area contributed by atoms with E-state index in [1.807, 2.05) is 49.4 Å². The number of nitrogen functional groups attached to an aromatic ring is 1. The number of nitrogens with zero attached hydrogens (tertiary/aromatic N) is 1. The fraction of sp³-hybridized carbons (Fsp3) is 0.300. The summed E-state index contributed by atoms with van der Waals surface area (Å²) < 4.78 is 0. The van der Waals surface area contributed by atoms with Gasteiger partial charge in [0.25, 0.3) is 5.91 Å². The molecule has 138 valence electrons. The van der Waals surface area contributed by atoms with E-state index >= 15 is 0 Å². The quantitative estimate of drug-likeness (QED) is 0.808. The van der Waals surface area contributed by atoms with Crippen molar-refractivity contribution < 1.29 is 9.59 Å². The normalized spacial score (nSPS) is 16.5. The van der Waals surface area contributed by atoms with Crippen molar-refractivity contribution in [2.45, 2.75) is 19.8 Å². The maximum Gasteiger partial charge on any atom is 0.253 e. The van der Waals surface area contributed by atoms with Gasteiger partial charge in [0.15, 0.2) is 0 Å². The number of rotatable bonds is 3. The molecule has 3 N–H and O–H groups in total. The standard InChI is InChI=1S/C20H23N3O2.ClH/c1-14-9-10-17(21)12-18(14)22-19(24)16-8-5-11-23(13-16)20(25)15-6-3-2-4-7-15;/h2-4,6-7,9-10,12,16H,5,8,11,13,21H2,1H3,(H,22,24);1H. The first-order valence-corrected chi connectivity index (χ1v) is 8.56. The number of anilines is 2. The van der Waals surface area contributed by atoms with Gasteiger partial charge in [0.05, 0.1) is 5.92 Å². The first-order chi connectivity index (χ1) is 12.0. The highest BCUT2D eigenvalue weighted by Crippen LogP contribution is 2.23. The molecule has 3 rings (SSSR count). The Bertz CT molecular complexity index is 780. The molecular formula is C20H24ClN3O2. The smallest absolute Gasteiger partial charge is 0.253 e. The Morgan fingerprint density at radius 2 is 1.88 bits per heavy atom. The van der Waals surface area contributed by atoms with E-state index in [2.05, 4.69) is 5.32 Å². The number of piperidine rings is 1. The lowest BCUT2D eigenvalue weighted by molar-refractivity contribution is -0.121. The maximum absolute atomic E-state index is 12.6. The maximum atomic E-state index is 12.6. The highest BCUT2D eigenvalue weighted by atomic mass is 35.5. The number of benzene rings is 2. The number of nitrogens with one attached hydrogen (secondary N) is 1. The number of halogens is 1. The van der Waals surface area contributed by atoms with E-state index in [-0.39, 0.29) is 30.1 Å². The summed E-state index contributed by atoms with van der Waals surface area (Å²) in [5.41, 5.74) is 8.78. The number of nitrogens with two attached hydrogens (primary N) is 1. The molecule has 26 heavy (non-hydrogen) atoms. The minimum atomic E-state index is -0.206. The molecule has 2 aromatic rings. The van der Waals surface area contributed by atoms with Gasteiger partial charge in [-0.05, 0) is 49.6 Å². The molecule has 1 fully saturated rings. The largest absolute Gasteiger partial charge is 0.399 e. The monoisotopic (exact) mass is 373 g/mol. The van der Waals surface area contributed by atoms with Crippen molar-refractivity contribution in [2.75, 3.05) is 24.1 Å².